The van der Waals surface area contributed by atoms with Crippen LogP contribution in [0, 0.1) is 0 Å². The van der Waals surface area contributed by atoms with Crippen molar-refractivity contribution in [1.29, 1.82) is 0 Å². The Morgan fingerprint density at radius 2 is 1.83 bits per heavy atom. The number of aryl methyl sites for hydroxylation is 1. The standard InChI is InChI=1S/C20H25BrN4O4S/c1-3-12-30(28,29)20-23-13-16(21)18(25-20)19(27)22-11-5-6-17(26)24-15-9-7-14(4-2)8-10-15/h7-10,13H,3-6,11-12H2,1-2H3,(H,22,27)(H,24,26). The molecule has 0 atom stereocenters. The highest BCUT2D eigenvalue weighted by Crippen LogP contribution is 2.16. The Bertz CT molecular complexity index is 994. The molecule has 8 nitrogen and oxygen atoms in total. The Morgan fingerprint density at radius 1 is 1.13 bits per heavy atom. The van der Waals surface area contributed by atoms with E-state index in [2.05, 4.69) is 43.5 Å². The van der Waals surface area contributed by atoms with Gasteiger partial charge in [0, 0.05) is 24.8 Å². The first-order chi connectivity index (χ1) is 14.3. The lowest BCUT2D eigenvalue weighted by molar-refractivity contribution is -0.116. The number of hydrogen-bond acceptors (Lipinski definition) is 6. The second-order valence-electron chi connectivity index (χ2n) is 6.63. The molecule has 0 fully saturated rings. The summed E-state index contributed by atoms with van der Waals surface area (Å²) in [7, 11) is -3.63. The third kappa shape index (κ3) is 6.88. The number of anilines is 1. The van der Waals surface area contributed by atoms with Crippen LogP contribution < -0.4 is 10.6 Å². The van der Waals surface area contributed by atoms with Gasteiger partial charge in [-0.3, -0.25) is 9.59 Å². The van der Waals surface area contributed by atoms with E-state index in [1.807, 2.05) is 24.3 Å². The first-order valence-corrected chi connectivity index (χ1v) is 12.1. The first-order valence-electron chi connectivity index (χ1n) is 9.69. The number of carbonyl (C=O) groups is 2. The molecule has 1 heterocycles. The van der Waals surface area contributed by atoms with E-state index in [9.17, 15) is 18.0 Å². The van der Waals surface area contributed by atoms with Gasteiger partial charge in [0.25, 0.3) is 5.91 Å². The second-order valence-corrected chi connectivity index (χ2v) is 9.48. The molecule has 0 radical (unpaired) electrons. The number of nitrogens with zero attached hydrogens (tertiary/aromatic N) is 2. The minimum Gasteiger partial charge on any atom is -0.351 e. The number of amides is 2. The SMILES string of the molecule is CCCS(=O)(=O)c1ncc(Br)c(C(=O)NCCCC(=O)Nc2ccc(CC)cc2)n1. The molecule has 1 aromatic carbocycles. The van der Waals surface area contributed by atoms with Crippen LogP contribution >= 0.6 is 15.9 Å². The van der Waals surface area contributed by atoms with Gasteiger partial charge in [-0.15, -0.1) is 0 Å². The van der Waals surface area contributed by atoms with Crippen LogP contribution in [0.2, 0.25) is 0 Å². The van der Waals surface area contributed by atoms with E-state index in [0.717, 1.165) is 12.1 Å². The van der Waals surface area contributed by atoms with Crippen molar-refractivity contribution in [3.63, 3.8) is 0 Å². The number of sulfone groups is 1. The molecule has 2 aromatic rings. The Kier molecular flexibility index (Phi) is 8.91. The van der Waals surface area contributed by atoms with Crippen molar-refractivity contribution in [2.24, 2.45) is 0 Å². The topological polar surface area (TPSA) is 118 Å². The van der Waals surface area contributed by atoms with E-state index in [1.165, 1.54) is 11.8 Å². The van der Waals surface area contributed by atoms with Crippen molar-refractivity contribution in [3.05, 3.63) is 46.2 Å². The molecule has 0 aliphatic heterocycles. The number of rotatable bonds is 10. The molecule has 0 bridgehead atoms. The molecular formula is C20H25BrN4O4S. The van der Waals surface area contributed by atoms with Crippen LogP contribution in [0.5, 0.6) is 0 Å². The van der Waals surface area contributed by atoms with Gasteiger partial charge in [-0.05, 0) is 52.9 Å². The Balaban J connectivity index is 1.86. The smallest absolute Gasteiger partial charge is 0.271 e. The fourth-order valence-electron chi connectivity index (χ4n) is 2.60. The van der Waals surface area contributed by atoms with Gasteiger partial charge in [-0.2, -0.15) is 0 Å². The van der Waals surface area contributed by atoms with Crippen LogP contribution in [0.25, 0.3) is 0 Å². The zero-order chi connectivity index (χ0) is 22.1. The van der Waals surface area contributed by atoms with Crippen LogP contribution in [-0.4, -0.2) is 42.5 Å². The summed E-state index contributed by atoms with van der Waals surface area (Å²) in [6.45, 7) is 4.04. The fraction of sp³-hybridized carbons (Fsp3) is 0.400. The molecule has 30 heavy (non-hydrogen) atoms. The van der Waals surface area contributed by atoms with Crippen LogP contribution in [0.15, 0.2) is 40.1 Å². The largest absolute Gasteiger partial charge is 0.351 e. The van der Waals surface area contributed by atoms with Gasteiger partial charge in [-0.25, -0.2) is 18.4 Å². The molecule has 162 valence electrons. The molecule has 10 heteroatoms. The summed E-state index contributed by atoms with van der Waals surface area (Å²) in [4.78, 5) is 32.1. The highest BCUT2D eigenvalue weighted by Gasteiger charge is 2.21. The number of carbonyl (C=O) groups excluding carboxylic acids is 2. The van der Waals surface area contributed by atoms with Crippen LogP contribution in [0.1, 0.15) is 49.2 Å². The van der Waals surface area contributed by atoms with Crippen molar-refractivity contribution < 1.29 is 18.0 Å². The number of halogens is 1. The van der Waals surface area contributed by atoms with Gasteiger partial charge in [-0.1, -0.05) is 26.0 Å². The maximum Gasteiger partial charge on any atom is 0.271 e. The Labute approximate surface area is 184 Å². The summed E-state index contributed by atoms with van der Waals surface area (Å²) in [5.41, 5.74) is 1.87. The van der Waals surface area contributed by atoms with Crippen LogP contribution in [0.4, 0.5) is 5.69 Å². The van der Waals surface area contributed by atoms with Crippen LogP contribution in [-0.2, 0) is 21.1 Å². The minimum atomic E-state index is -3.63. The highest BCUT2D eigenvalue weighted by molar-refractivity contribution is 9.10. The zero-order valence-corrected chi connectivity index (χ0v) is 19.3. The summed E-state index contributed by atoms with van der Waals surface area (Å²) >= 11 is 3.17. The van der Waals surface area contributed by atoms with Gasteiger partial charge < -0.3 is 10.6 Å². The number of nitrogens with one attached hydrogen (secondary N) is 2. The summed E-state index contributed by atoms with van der Waals surface area (Å²) in [5.74, 6) is -0.774. The predicted molar refractivity (Wildman–Crippen MR) is 118 cm³/mol. The quantitative estimate of drug-likeness (QED) is 0.385. The average Bonchev–Trinajstić information content (AvgIpc) is 2.71. The molecule has 2 N–H and O–H groups in total. The van der Waals surface area contributed by atoms with E-state index in [0.29, 0.717) is 17.3 Å². The lowest BCUT2D eigenvalue weighted by Crippen LogP contribution is -2.27. The molecule has 2 rings (SSSR count). The van der Waals surface area contributed by atoms with E-state index in [-0.39, 0.29) is 35.5 Å². The van der Waals surface area contributed by atoms with E-state index >= 15 is 0 Å². The molecule has 0 unspecified atom stereocenters. The summed E-state index contributed by atoms with van der Waals surface area (Å²) in [5, 5.41) is 5.09. The Hall–Kier alpha value is -2.33. The van der Waals surface area contributed by atoms with Gasteiger partial charge in [0.1, 0.15) is 5.69 Å². The van der Waals surface area contributed by atoms with Crippen molar-refractivity contribution in [2.75, 3.05) is 17.6 Å². The highest BCUT2D eigenvalue weighted by atomic mass is 79.9. The van der Waals surface area contributed by atoms with Crippen LogP contribution in [0.3, 0.4) is 0 Å². The lowest BCUT2D eigenvalue weighted by atomic mass is 10.1. The number of hydrogen-bond donors (Lipinski definition) is 2. The molecule has 0 spiro atoms. The van der Waals surface area contributed by atoms with E-state index in [1.54, 1.807) is 6.92 Å². The first kappa shape index (κ1) is 23.9. The second kappa shape index (κ2) is 11.2. The van der Waals surface area contributed by atoms with Crippen molar-refractivity contribution in [2.45, 2.75) is 44.7 Å². The van der Waals surface area contributed by atoms with E-state index < -0.39 is 15.7 Å². The summed E-state index contributed by atoms with van der Waals surface area (Å²) in [6, 6.07) is 7.64. The number of aromatic nitrogens is 2. The average molecular weight is 497 g/mol. The van der Waals surface area contributed by atoms with Gasteiger partial charge in [0.2, 0.25) is 20.9 Å². The summed E-state index contributed by atoms with van der Waals surface area (Å²) < 4.78 is 24.5. The molecule has 0 aliphatic carbocycles. The fourth-order valence-corrected chi connectivity index (χ4v) is 4.14. The van der Waals surface area contributed by atoms with Gasteiger partial charge >= 0.3 is 0 Å². The monoisotopic (exact) mass is 496 g/mol. The third-order valence-corrected chi connectivity index (χ3v) is 6.48. The molecule has 0 saturated carbocycles. The summed E-state index contributed by atoms with van der Waals surface area (Å²) in [6.07, 6.45) is 3.27. The maximum atomic E-state index is 12.4. The van der Waals surface area contributed by atoms with Crippen molar-refractivity contribution >= 4 is 43.3 Å². The molecule has 2 amide bonds. The van der Waals surface area contributed by atoms with Crippen molar-refractivity contribution in [1.82, 2.24) is 15.3 Å². The Morgan fingerprint density at radius 3 is 2.47 bits per heavy atom. The predicted octanol–water partition coefficient (Wildman–Crippen LogP) is 3.13. The van der Waals surface area contributed by atoms with Crippen molar-refractivity contribution in [3.8, 4) is 0 Å². The molecular weight excluding hydrogens is 472 g/mol. The zero-order valence-electron chi connectivity index (χ0n) is 16.9. The minimum absolute atomic E-state index is 0.0554. The molecule has 1 aromatic heterocycles. The normalized spacial score (nSPS) is 11.2. The number of benzene rings is 1. The lowest BCUT2D eigenvalue weighted by Gasteiger charge is -2.09. The van der Waals surface area contributed by atoms with E-state index in [4.69, 9.17) is 0 Å². The molecule has 0 saturated heterocycles. The molecule has 0 aliphatic rings. The van der Waals surface area contributed by atoms with Gasteiger partial charge in [0.05, 0.1) is 10.2 Å². The third-order valence-electron chi connectivity index (χ3n) is 4.20. The van der Waals surface area contributed by atoms with Gasteiger partial charge in [0.15, 0.2) is 0 Å². The maximum absolute atomic E-state index is 12.4.